The first kappa shape index (κ1) is 12.5. The monoisotopic (exact) mass is 254 g/mol. The van der Waals surface area contributed by atoms with Crippen LogP contribution in [0.5, 0.6) is 0 Å². The Bertz CT molecular complexity index is 418. The van der Waals surface area contributed by atoms with Crippen molar-refractivity contribution in [3.05, 3.63) is 21.9 Å². The van der Waals surface area contributed by atoms with Gasteiger partial charge in [0.15, 0.2) is 0 Å². The topological polar surface area (TPSA) is 64.3 Å². The van der Waals surface area contributed by atoms with Crippen LogP contribution in [-0.2, 0) is 11.3 Å². The number of hydrogen-bond donors (Lipinski definition) is 2. The summed E-state index contributed by atoms with van der Waals surface area (Å²) in [5, 5.41) is 5.31. The minimum Gasteiger partial charge on any atom is -0.377 e. The van der Waals surface area contributed by atoms with Crippen LogP contribution < -0.4 is 11.1 Å². The molecule has 2 rings (SSSR count). The lowest BCUT2D eigenvalue weighted by Crippen LogP contribution is -2.47. The molecule has 1 aromatic rings. The van der Waals surface area contributed by atoms with E-state index in [2.05, 4.69) is 19.2 Å². The quantitative estimate of drug-likeness (QED) is 0.856. The van der Waals surface area contributed by atoms with Gasteiger partial charge in [-0.25, -0.2) is 0 Å². The fourth-order valence-electron chi connectivity index (χ4n) is 1.96. The maximum absolute atomic E-state index is 11.0. The average Bonchev–Trinajstić information content (AvgIpc) is 2.85. The molecular formula is C12H18N2O2S. The van der Waals surface area contributed by atoms with Crippen LogP contribution in [0.25, 0.3) is 0 Å². The van der Waals surface area contributed by atoms with Crippen molar-refractivity contribution in [2.45, 2.75) is 38.5 Å². The zero-order valence-corrected chi connectivity index (χ0v) is 11.0. The van der Waals surface area contributed by atoms with Gasteiger partial charge in [0, 0.05) is 28.9 Å². The van der Waals surface area contributed by atoms with Gasteiger partial charge >= 0.3 is 0 Å². The summed E-state index contributed by atoms with van der Waals surface area (Å²) in [6.07, 6.45) is 1.24. The van der Waals surface area contributed by atoms with E-state index in [1.165, 1.54) is 0 Å². The first-order chi connectivity index (χ1) is 8.01. The summed E-state index contributed by atoms with van der Waals surface area (Å²) >= 11 is 1.56. The van der Waals surface area contributed by atoms with Crippen molar-refractivity contribution in [2.24, 2.45) is 5.73 Å². The third-order valence-corrected chi connectivity index (χ3v) is 4.43. The molecule has 1 aliphatic rings. The van der Waals surface area contributed by atoms with E-state index in [9.17, 15) is 4.79 Å². The Hall–Kier alpha value is -0.910. The molecule has 0 spiro atoms. The van der Waals surface area contributed by atoms with Gasteiger partial charge in [0.25, 0.3) is 0 Å². The zero-order valence-electron chi connectivity index (χ0n) is 10.2. The molecule has 3 N–H and O–H groups in total. The number of rotatable bonds is 4. The molecule has 0 radical (unpaired) electrons. The standard InChI is InChI=1S/C12H18N2O2S/c1-8-12(2,3-4-16-8)14-6-10-5-9(7-17-10)11(13)15/h5,7-8,14H,3-4,6H2,1-2H3,(H2,13,15). The lowest BCUT2D eigenvalue weighted by atomic mass is 9.95. The molecule has 2 atom stereocenters. The minimum absolute atomic E-state index is 0.0247. The van der Waals surface area contributed by atoms with Gasteiger partial charge in [-0.05, 0) is 26.3 Å². The predicted molar refractivity (Wildman–Crippen MR) is 68.1 cm³/mol. The first-order valence-electron chi connectivity index (χ1n) is 5.75. The van der Waals surface area contributed by atoms with E-state index in [0.717, 1.165) is 24.4 Å². The van der Waals surface area contributed by atoms with Gasteiger partial charge in [-0.15, -0.1) is 11.3 Å². The van der Waals surface area contributed by atoms with Crippen molar-refractivity contribution < 1.29 is 9.53 Å². The third kappa shape index (κ3) is 2.68. The van der Waals surface area contributed by atoms with Gasteiger partial charge in [0.1, 0.15) is 0 Å². The number of nitrogens with one attached hydrogen (secondary N) is 1. The molecule has 4 nitrogen and oxygen atoms in total. The van der Waals surface area contributed by atoms with Crippen LogP contribution in [0.3, 0.4) is 0 Å². The van der Waals surface area contributed by atoms with Crippen molar-refractivity contribution in [1.82, 2.24) is 5.32 Å². The molecule has 0 bridgehead atoms. The third-order valence-electron chi connectivity index (χ3n) is 3.49. The molecule has 1 amide bonds. The molecule has 17 heavy (non-hydrogen) atoms. The van der Waals surface area contributed by atoms with Crippen molar-refractivity contribution in [2.75, 3.05) is 6.61 Å². The maximum atomic E-state index is 11.0. The normalized spacial score (nSPS) is 28.5. The number of carbonyl (C=O) groups is 1. The number of carbonyl (C=O) groups excluding carboxylic acids is 1. The highest BCUT2D eigenvalue weighted by Crippen LogP contribution is 2.26. The van der Waals surface area contributed by atoms with Crippen LogP contribution in [0.15, 0.2) is 11.4 Å². The molecule has 1 aliphatic heterocycles. The Balaban J connectivity index is 1.95. The molecule has 2 heterocycles. The van der Waals surface area contributed by atoms with Gasteiger partial charge in [0.2, 0.25) is 5.91 Å². The second-order valence-electron chi connectivity index (χ2n) is 4.70. The van der Waals surface area contributed by atoms with E-state index >= 15 is 0 Å². The SMILES string of the molecule is CC1OCCC1(C)NCc1cc(C(N)=O)cs1. The second-order valence-corrected chi connectivity index (χ2v) is 5.70. The second kappa shape index (κ2) is 4.76. The number of amides is 1. The molecule has 1 saturated heterocycles. The summed E-state index contributed by atoms with van der Waals surface area (Å²) in [7, 11) is 0. The molecular weight excluding hydrogens is 236 g/mol. The summed E-state index contributed by atoms with van der Waals surface area (Å²) in [5.74, 6) is -0.365. The summed E-state index contributed by atoms with van der Waals surface area (Å²) in [6, 6.07) is 1.85. The average molecular weight is 254 g/mol. The lowest BCUT2D eigenvalue weighted by molar-refractivity contribution is 0.0882. The van der Waals surface area contributed by atoms with Crippen molar-refractivity contribution in [3.63, 3.8) is 0 Å². The largest absolute Gasteiger partial charge is 0.377 e. The van der Waals surface area contributed by atoms with Crippen LogP contribution >= 0.6 is 11.3 Å². The predicted octanol–water partition coefficient (Wildman–Crippen LogP) is 1.50. The molecule has 1 aromatic heterocycles. The zero-order chi connectivity index (χ0) is 12.5. The Kier molecular flexibility index (Phi) is 3.51. The number of hydrogen-bond acceptors (Lipinski definition) is 4. The van der Waals surface area contributed by atoms with Crippen LogP contribution in [0.1, 0.15) is 35.5 Å². The van der Waals surface area contributed by atoms with Gasteiger partial charge < -0.3 is 15.8 Å². The summed E-state index contributed by atoms with van der Waals surface area (Å²) in [5.41, 5.74) is 5.84. The van der Waals surface area contributed by atoms with Gasteiger partial charge in [0.05, 0.1) is 11.7 Å². The molecule has 94 valence electrons. The summed E-state index contributed by atoms with van der Waals surface area (Å²) in [4.78, 5) is 12.1. The number of primary amides is 1. The highest BCUT2D eigenvalue weighted by atomic mass is 32.1. The van der Waals surface area contributed by atoms with Gasteiger partial charge in [-0.2, -0.15) is 0 Å². The van der Waals surface area contributed by atoms with Crippen LogP contribution in [0.4, 0.5) is 0 Å². The van der Waals surface area contributed by atoms with E-state index in [1.54, 1.807) is 16.7 Å². The van der Waals surface area contributed by atoms with Crippen molar-refractivity contribution in [1.29, 1.82) is 0 Å². The van der Waals surface area contributed by atoms with Gasteiger partial charge in [-0.3, -0.25) is 4.79 Å². The Morgan fingerprint density at radius 3 is 3.06 bits per heavy atom. The molecule has 0 aromatic carbocycles. The van der Waals surface area contributed by atoms with E-state index in [4.69, 9.17) is 10.5 Å². The van der Waals surface area contributed by atoms with Crippen LogP contribution in [0.2, 0.25) is 0 Å². The minimum atomic E-state index is -0.365. The van der Waals surface area contributed by atoms with E-state index in [0.29, 0.717) is 5.56 Å². The fourth-order valence-corrected chi connectivity index (χ4v) is 2.77. The highest BCUT2D eigenvalue weighted by molar-refractivity contribution is 7.10. The number of ether oxygens (including phenoxy) is 1. The molecule has 0 saturated carbocycles. The van der Waals surface area contributed by atoms with E-state index in [1.807, 2.05) is 6.07 Å². The molecule has 1 fully saturated rings. The van der Waals surface area contributed by atoms with E-state index < -0.39 is 0 Å². The number of thiophene rings is 1. The van der Waals surface area contributed by atoms with Crippen molar-refractivity contribution >= 4 is 17.2 Å². The smallest absolute Gasteiger partial charge is 0.249 e. The number of nitrogens with two attached hydrogens (primary N) is 1. The van der Waals surface area contributed by atoms with Crippen LogP contribution in [-0.4, -0.2) is 24.2 Å². The molecule has 0 aliphatic carbocycles. The van der Waals surface area contributed by atoms with E-state index in [-0.39, 0.29) is 17.6 Å². The summed E-state index contributed by atoms with van der Waals surface area (Å²) < 4.78 is 5.57. The molecule has 5 heteroatoms. The maximum Gasteiger partial charge on any atom is 0.249 e. The lowest BCUT2D eigenvalue weighted by Gasteiger charge is -2.28. The van der Waals surface area contributed by atoms with Gasteiger partial charge in [-0.1, -0.05) is 0 Å². The Morgan fingerprint density at radius 2 is 2.53 bits per heavy atom. The molecule has 2 unspecified atom stereocenters. The first-order valence-corrected chi connectivity index (χ1v) is 6.63. The Labute approximate surface area is 105 Å². The Morgan fingerprint density at radius 1 is 1.76 bits per heavy atom. The summed E-state index contributed by atoms with van der Waals surface area (Å²) in [6.45, 7) is 5.82. The highest BCUT2D eigenvalue weighted by Gasteiger charge is 2.36. The fraction of sp³-hybridized carbons (Fsp3) is 0.583. The van der Waals surface area contributed by atoms with Crippen molar-refractivity contribution in [3.8, 4) is 0 Å². The van der Waals surface area contributed by atoms with Crippen LogP contribution in [0, 0.1) is 0 Å².